The van der Waals surface area contributed by atoms with Crippen molar-refractivity contribution in [2.45, 2.75) is 19.3 Å². The number of hydrogen-bond donors (Lipinski definition) is 2. The summed E-state index contributed by atoms with van der Waals surface area (Å²) in [4.78, 5) is 10.9. The van der Waals surface area contributed by atoms with Crippen LogP contribution in [0.5, 0.6) is 0 Å². The molecule has 0 aromatic heterocycles. The van der Waals surface area contributed by atoms with Crippen LogP contribution in [-0.2, 0) is 4.79 Å². The van der Waals surface area contributed by atoms with Crippen molar-refractivity contribution in [3.63, 3.8) is 0 Å². The molecular weight excluding hydrogens is 240 g/mol. The molecule has 0 saturated carbocycles. The summed E-state index contributed by atoms with van der Waals surface area (Å²) >= 11 is 0. The van der Waals surface area contributed by atoms with Gasteiger partial charge < -0.3 is 11.1 Å². The Balaban J connectivity index is 2.92. The van der Waals surface area contributed by atoms with Gasteiger partial charge in [0.1, 0.15) is 0 Å². The molecule has 0 fully saturated rings. The first kappa shape index (κ1) is 13.3. The lowest BCUT2D eigenvalue weighted by atomic mass is 10.2. The number of rotatable bonds is 3. The number of carbonyl (C=O) groups excluding carboxylic acids is 1. The summed E-state index contributed by atoms with van der Waals surface area (Å²) in [6.07, 6.45) is -4.06. The van der Waals surface area contributed by atoms with Gasteiger partial charge in [0, 0.05) is 0 Å². The van der Waals surface area contributed by atoms with Crippen molar-refractivity contribution in [1.29, 1.82) is 0 Å². The van der Waals surface area contributed by atoms with Gasteiger partial charge in [-0.05, 0) is 24.6 Å². The Morgan fingerprint density at radius 3 is 2.53 bits per heavy atom. The second kappa shape index (κ2) is 4.60. The Morgan fingerprint density at radius 1 is 1.41 bits per heavy atom. The van der Waals surface area contributed by atoms with E-state index in [0.717, 1.165) is 0 Å². The molecule has 17 heavy (non-hydrogen) atoms. The van der Waals surface area contributed by atoms with Crippen LogP contribution in [0.15, 0.2) is 18.2 Å². The van der Waals surface area contributed by atoms with Crippen LogP contribution in [-0.4, -0.2) is 18.3 Å². The van der Waals surface area contributed by atoms with E-state index in [1.807, 2.05) is 0 Å². The minimum Gasteiger partial charge on any atom is -0.397 e. The summed E-state index contributed by atoms with van der Waals surface area (Å²) in [5.41, 5.74) is 5.96. The molecule has 0 saturated heterocycles. The minimum absolute atomic E-state index is 0.0222. The molecule has 1 rings (SSSR count). The van der Waals surface area contributed by atoms with Crippen molar-refractivity contribution in [3.05, 3.63) is 23.8 Å². The molecule has 1 aromatic carbocycles. The highest BCUT2D eigenvalue weighted by Crippen LogP contribution is 2.27. The monoisotopic (exact) mass is 250 g/mol. The van der Waals surface area contributed by atoms with Crippen molar-refractivity contribution in [1.82, 2.24) is 0 Å². The fraction of sp³-hybridized carbons (Fsp3) is 0.300. The SMILES string of the molecule is Cc1ccc(N)c(NC(=O)C(F)(F)C(F)F)c1. The summed E-state index contributed by atoms with van der Waals surface area (Å²) in [6, 6.07) is 4.29. The zero-order valence-electron chi connectivity index (χ0n) is 8.81. The van der Waals surface area contributed by atoms with Gasteiger partial charge in [-0.3, -0.25) is 4.79 Å². The molecular formula is C10H10F4N2O. The van der Waals surface area contributed by atoms with Crippen LogP contribution in [0.2, 0.25) is 0 Å². The summed E-state index contributed by atoms with van der Waals surface area (Å²) in [7, 11) is 0. The Morgan fingerprint density at radius 2 is 2.00 bits per heavy atom. The summed E-state index contributed by atoms with van der Waals surface area (Å²) in [6.45, 7) is 1.64. The molecule has 0 unspecified atom stereocenters. The number of nitrogen functional groups attached to an aromatic ring is 1. The Kier molecular flexibility index (Phi) is 3.59. The van der Waals surface area contributed by atoms with E-state index >= 15 is 0 Å². The Bertz CT molecular complexity index is 434. The average Bonchev–Trinajstić information content (AvgIpc) is 2.23. The van der Waals surface area contributed by atoms with Crippen molar-refractivity contribution in [2.24, 2.45) is 0 Å². The second-order valence-corrected chi connectivity index (χ2v) is 3.47. The smallest absolute Gasteiger partial charge is 0.383 e. The van der Waals surface area contributed by atoms with Gasteiger partial charge in [-0.25, -0.2) is 8.78 Å². The molecule has 3 N–H and O–H groups in total. The molecule has 3 nitrogen and oxygen atoms in total. The zero-order chi connectivity index (χ0) is 13.2. The molecule has 7 heteroatoms. The van der Waals surface area contributed by atoms with Gasteiger partial charge in [0.05, 0.1) is 11.4 Å². The lowest BCUT2D eigenvalue weighted by Gasteiger charge is -2.16. The van der Waals surface area contributed by atoms with Gasteiger partial charge in [-0.1, -0.05) is 6.07 Å². The van der Waals surface area contributed by atoms with Gasteiger partial charge in [-0.2, -0.15) is 8.78 Å². The minimum atomic E-state index is -4.74. The van der Waals surface area contributed by atoms with Crippen molar-refractivity contribution >= 4 is 17.3 Å². The first-order valence-corrected chi connectivity index (χ1v) is 4.58. The van der Waals surface area contributed by atoms with E-state index in [9.17, 15) is 22.4 Å². The normalized spacial score (nSPS) is 11.6. The van der Waals surface area contributed by atoms with Crippen LogP contribution in [0, 0.1) is 6.92 Å². The molecule has 1 aromatic rings. The number of benzene rings is 1. The highest BCUT2D eigenvalue weighted by atomic mass is 19.3. The summed E-state index contributed by atoms with van der Waals surface area (Å²) < 4.78 is 49.1. The van der Waals surface area contributed by atoms with E-state index < -0.39 is 18.3 Å². The Labute approximate surface area is 94.6 Å². The van der Waals surface area contributed by atoms with E-state index in [4.69, 9.17) is 5.73 Å². The molecule has 94 valence electrons. The fourth-order valence-electron chi connectivity index (χ4n) is 1.08. The number of alkyl halides is 4. The highest BCUT2D eigenvalue weighted by Gasteiger charge is 2.49. The molecule has 0 heterocycles. The van der Waals surface area contributed by atoms with Crippen molar-refractivity contribution in [3.8, 4) is 0 Å². The van der Waals surface area contributed by atoms with Crippen LogP contribution in [0.1, 0.15) is 5.56 Å². The Hall–Kier alpha value is -1.79. The number of halogens is 4. The van der Waals surface area contributed by atoms with E-state index in [-0.39, 0.29) is 11.4 Å². The maximum Gasteiger partial charge on any atom is 0.383 e. The molecule has 0 aliphatic heterocycles. The van der Waals surface area contributed by atoms with Crippen LogP contribution >= 0.6 is 0 Å². The average molecular weight is 250 g/mol. The maximum atomic E-state index is 12.7. The third-order valence-electron chi connectivity index (χ3n) is 2.03. The van der Waals surface area contributed by atoms with E-state index in [1.54, 1.807) is 18.3 Å². The molecule has 1 amide bonds. The van der Waals surface area contributed by atoms with Gasteiger partial charge >= 0.3 is 18.3 Å². The molecule has 0 radical (unpaired) electrons. The number of carbonyl (C=O) groups is 1. The summed E-state index contributed by atoms with van der Waals surface area (Å²) in [5.74, 6) is -6.82. The lowest BCUT2D eigenvalue weighted by molar-refractivity contribution is -0.163. The number of amides is 1. The fourth-order valence-corrected chi connectivity index (χ4v) is 1.08. The van der Waals surface area contributed by atoms with E-state index in [0.29, 0.717) is 5.56 Å². The lowest BCUT2D eigenvalue weighted by Crippen LogP contribution is -2.41. The number of nitrogens with two attached hydrogens (primary N) is 1. The molecule has 0 spiro atoms. The van der Waals surface area contributed by atoms with Crippen molar-refractivity contribution < 1.29 is 22.4 Å². The van der Waals surface area contributed by atoms with Crippen LogP contribution in [0.4, 0.5) is 28.9 Å². The van der Waals surface area contributed by atoms with E-state index in [1.165, 1.54) is 12.1 Å². The number of anilines is 2. The van der Waals surface area contributed by atoms with E-state index in [2.05, 4.69) is 0 Å². The van der Waals surface area contributed by atoms with Crippen LogP contribution in [0.3, 0.4) is 0 Å². The number of aryl methyl sites for hydroxylation is 1. The largest absolute Gasteiger partial charge is 0.397 e. The first-order valence-electron chi connectivity index (χ1n) is 4.58. The summed E-state index contributed by atoms with van der Waals surface area (Å²) in [5, 5.41) is 1.68. The van der Waals surface area contributed by atoms with Gasteiger partial charge in [0.15, 0.2) is 0 Å². The standard InChI is InChI=1S/C10H10F4N2O/c1-5-2-3-6(15)7(4-5)16-9(17)10(13,14)8(11)12/h2-4,8H,15H2,1H3,(H,16,17). The van der Waals surface area contributed by atoms with Gasteiger partial charge in [0.25, 0.3) is 0 Å². The molecule has 0 aliphatic carbocycles. The highest BCUT2D eigenvalue weighted by molar-refractivity contribution is 5.98. The van der Waals surface area contributed by atoms with Crippen LogP contribution < -0.4 is 11.1 Å². The molecule has 0 aliphatic rings. The third-order valence-corrected chi connectivity index (χ3v) is 2.03. The van der Waals surface area contributed by atoms with Gasteiger partial charge in [0.2, 0.25) is 0 Å². The predicted octanol–water partition coefficient (Wildman–Crippen LogP) is 2.42. The molecule has 0 atom stereocenters. The van der Waals surface area contributed by atoms with Crippen molar-refractivity contribution in [2.75, 3.05) is 11.1 Å². The van der Waals surface area contributed by atoms with Crippen LogP contribution in [0.25, 0.3) is 0 Å². The second-order valence-electron chi connectivity index (χ2n) is 3.47. The molecule has 0 bridgehead atoms. The number of hydrogen-bond acceptors (Lipinski definition) is 2. The third kappa shape index (κ3) is 2.86. The first-order chi connectivity index (χ1) is 7.75. The zero-order valence-corrected chi connectivity index (χ0v) is 8.81. The quantitative estimate of drug-likeness (QED) is 0.639. The maximum absolute atomic E-state index is 12.7. The number of nitrogens with one attached hydrogen (secondary N) is 1. The topological polar surface area (TPSA) is 55.1 Å². The van der Waals surface area contributed by atoms with Gasteiger partial charge in [-0.15, -0.1) is 0 Å². The predicted molar refractivity (Wildman–Crippen MR) is 55.2 cm³/mol.